The third-order valence-electron chi connectivity index (χ3n) is 1.50. The van der Waals surface area contributed by atoms with Gasteiger partial charge in [0, 0.05) is 0 Å². The SMILES string of the molecule is CC(C)C/C=C\CC(C)(C)C. The first-order chi connectivity index (χ1) is 4.92. The van der Waals surface area contributed by atoms with Crippen LogP contribution in [0.15, 0.2) is 12.2 Å². The molecule has 0 N–H and O–H groups in total. The second-order valence-corrected chi connectivity index (χ2v) is 4.87. The minimum atomic E-state index is 0.452. The zero-order chi connectivity index (χ0) is 8.91. The van der Waals surface area contributed by atoms with Gasteiger partial charge in [0.15, 0.2) is 0 Å². The summed E-state index contributed by atoms with van der Waals surface area (Å²) in [6.45, 7) is 11.3. The topological polar surface area (TPSA) is 0 Å². The summed E-state index contributed by atoms with van der Waals surface area (Å²) in [5, 5.41) is 0. The number of allylic oxidation sites excluding steroid dienone is 2. The maximum Gasteiger partial charge on any atom is -0.0302 e. The average Bonchev–Trinajstić information content (AvgIpc) is 1.78. The molecule has 11 heavy (non-hydrogen) atoms. The molecule has 0 spiro atoms. The Hall–Kier alpha value is -0.260. The molecule has 0 aliphatic carbocycles. The molecular weight excluding hydrogens is 132 g/mol. The highest BCUT2D eigenvalue weighted by atomic mass is 14.1. The van der Waals surface area contributed by atoms with Gasteiger partial charge in [0.25, 0.3) is 0 Å². The molecule has 0 fully saturated rings. The second-order valence-electron chi connectivity index (χ2n) is 4.87. The van der Waals surface area contributed by atoms with Crippen LogP contribution in [0.25, 0.3) is 0 Å². The van der Waals surface area contributed by atoms with Gasteiger partial charge < -0.3 is 0 Å². The van der Waals surface area contributed by atoms with E-state index in [0.717, 1.165) is 5.92 Å². The Morgan fingerprint density at radius 1 is 1.09 bits per heavy atom. The lowest BCUT2D eigenvalue weighted by atomic mass is 9.92. The molecule has 0 saturated carbocycles. The molecule has 66 valence electrons. The zero-order valence-electron chi connectivity index (χ0n) is 8.65. The van der Waals surface area contributed by atoms with E-state index in [1.54, 1.807) is 0 Å². The Balaban J connectivity index is 3.46. The lowest BCUT2D eigenvalue weighted by molar-refractivity contribution is 0.420. The van der Waals surface area contributed by atoms with E-state index in [4.69, 9.17) is 0 Å². The van der Waals surface area contributed by atoms with Crippen LogP contribution in [-0.4, -0.2) is 0 Å². The molecule has 0 rings (SSSR count). The van der Waals surface area contributed by atoms with Crippen molar-refractivity contribution in [1.82, 2.24) is 0 Å². The van der Waals surface area contributed by atoms with E-state index in [1.165, 1.54) is 12.8 Å². The van der Waals surface area contributed by atoms with Crippen molar-refractivity contribution < 1.29 is 0 Å². The first-order valence-corrected chi connectivity index (χ1v) is 4.57. The molecule has 0 aromatic carbocycles. The Morgan fingerprint density at radius 3 is 2.00 bits per heavy atom. The van der Waals surface area contributed by atoms with Crippen LogP contribution in [0.2, 0.25) is 0 Å². The minimum absolute atomic E-state index is 0.452. The maximum absolute atomic E-state index is 2.31. The van der Waals surface area contributed by atoms with Gasteiger partial charge in [-0.3, -0.25) is 0 Å². The Bertz CT molecular complexity index is 112. The smallest absolute Gasteiger partial charge is 0.0302 e. The summed E-state index contributed by atoms with van der Waals surface area (Å²) in [5.41, 5.74) is 0.452. The first-order valence-electron chi connectivity index (χ1n) is 4.57. The first kappa shape index (κ1) is 10.7. The fraction of sp³-hybridized carbons (Fsp3) is 0.818. The van der Waals surface area contributed by atoms with Crippen LogP contribution in [0.1, 0.15) is 47.5 Å². The molecule has 0 heteroatoms. The lowest BCUT2D eigenvalue weighted by Crippen LogP contribution is -2.01. The summed E-state index contributed by atoms with van der Waals surface area (Å²) in [6, 6.07) is 0. The van der Waals surface area contributed by atoms with E-state index >= 15 is 0 Å². The summed E-state index contributed by atoms with van der Waals surface area (Å²) in [7, 11) is 0. The highest BCUT2D eigenvalue weighted by Gasteiger charge is 2.05. The van der Waals surface area contributed by atoms with E-state index in [9.17, 15) is 0 Å². The standard InChI is InChI=1S/C11H22/c1-10(2)8-6-7-9-11(3,4)5/h6-7,10H,8-9H2,1-5H3/b7-6-. The molecule has 0 aliphatic rings. The number of hydrogen-bond donors (Lipinski definition) is 0. The van der Waals surface area contributed by atoms with Gasteiger partial charge in [-0.25, -0.2) is 0 Å². The molecular formula is C11H22. The molecule has 0 aromatic heterocycles. The van der Waals surface area contributed by atoms with Crippen molar-refractivity contribution in [2.24, 2.45) is 11.3 Å². The van der Waals surface area contributed by atoms with Gasteiger partial charge in [0.2, 0.25) is 0 Å². The predicted molar refractivity (Wildman–Crippen MR) is 52.7 cm³/mol. The van der Waals surface area contributed by atoms with Crippen LogP contribution >= 0.6 is 0 Å². The van der Waals surface area contributed by atoms with Crippen molar-refractivity contribution in [2.75, 3.05) is 0 Å². The summed E-state index contributed by atoms with van der Waals surface area (Å²) in [5.74, 6) is 0.797. The van der Waals surface area contributed by atoms with E-state index in [2.05, 4.69) is 46.8 Å². The number of hydrogen-bond acceptors (Lipinski definition) is 0. The Labute approximate surface area is 71.7 Å². The van der Waals surface area contributed by atoms with Crippen molar-refractivity contribution in [3.63, 3.8) is 0 Å². The van der Waals surface area contributed by atoms with Gasteiger partial charge in [-0.15, -0.1) is 0 Å². The van der Waals surface area contributed by atoms with Crippen LogP contribution < -0.4 is 0 Å². The van der Waals surface area contributed by atoms with Gasteiger partial charge in [0.1, 0.15) is 0 Å². The van der Waals surface area contributed by atoms with Gasteiger partial charge in [0.05, 0.1) is 0 Å². The molecule has 0 nitrogen and oxygen atoms in total. The van der Waals surface area contributed by atoms with E-state index in [1.807, 2.05) is 0 Å². The Kier molecular flexibility index (Phi) is 4.48. The van der Waals surface area contributed by atoms with E-state index < -0.39 is 0 Å². The summed E-state index contributed by atoms with van der Waals surface area (Å²) >= 11 is 0. The zero-order valence-corrected chi connectivity index (χ0v) is 8.65. The molecule has 0 aliphatic heterocycles. The third-order valence-corrected chi connectivity index (χ3v) is 1.50. The van der Waals surface area contributed by atoms with Gasteiger partial charge >= 0.3 is 0 Å². The predicted octanol–water partition coefficient (Wildman–Crippen LogP) is 4.02. The van der Waals surface area contributed by atoms with Crippen molar-refractivity contribution in [3.8, 4) is 0 Å². The highest BCUT2D eigenvalue weighted by molar-refractivity contribution is 4.86. The van der Waals surface area contributed by atoms with Gasteiger partial charge in [-0.05, 0) is 24.2 Å². The second kappa shape index (κ2) is 4.58. The largest absolute Gasteiger partial charge is 0.0883 e. The fourth-order valence-corrected chi connectivity index (χ4v) is 0.805. The lowest BCUT2D eigenvalue weighted by Gasteiger charge is -2.14. The van der Waals surface area contributed by atoms with Crippen LogP contribution in [-0.2, 0) is 0 Å². The highest BCUT2D eigenvalue weighted by Crippen LogP contribution is 2.19. The maximum atomic E-state index is 2.31. The molecule has 0 radical (unpaired) electrons. The van der Waals surface area contributed by atoms with Crippen molar-refractivity contribution in [2.45, 2.75) is 47.5 Å². The molecule has 0 atom stereocenters. The van der Waals surface area contributed by atoms with E-state index in [0.29, 0.717) is 5.41 Å². The molecule has 0 unspecified atom stereocenters. The van der Waals surface area contributed by atoms with Crippen LogP contribution in [0.5, 0.6) is 0 Å². The fourth-order valence-electron chi connectivity index (χ4n) is 0.805. The Morgan fingerprint density at radius 2 is 1.64 bits per heavy atom. The van der Waals surface area contributed by atoms with Crippen LogP contribution in [0, 0.1) is 11.3 Å². The monoisotopic (exact) mass is 154 g/mol. The quantitative estimate of drug-likeness (QED) is 0.538. The van der Waals surface area contributed by atoms with Crippen LogP contribution in [0.3, 0.4) is 0 Å². The van der Waals surface area contributed by atoms with Crippen molar-refractivity contribution in [3.05, 3.63) is 12.2 Å². The summed E-state index contributed by atoms with van der Waals surface area (Å²) in [4.78, 5) is 0. The molecule has 0 amide bonds. The van der Waals surface area contributed by atoms with Crippen molar-refractivity contribution in [1.29, 1.82) is 0 Å². The van der Waals surface area contributed by atoms with Gasteiger partial charge in [-0.1, -0.05) is 46.8 Å². The van der Waals surface area contributed by atoms with Gasteiger partial charge in [-0.2, -0.15) is 0 Å². The van der Waals surface area contributed by atoms with Crippen LogP contribution in [0.4, 0.5) is 0 Å². The molecule has 0 aromatic rings. The normalized spacial score (nSPS) is 13.3. The molecule has 0 bridgehead atoms. The van der Waals surface area contributed by atoms with E-state index in [-0.39, 0.29) is 0 Å². The number of rotatable bonds is 3. The summed E-state index contributed by atoms with van der Waals surface area (Å²) < 4.78 is 0. The average molecular weight is 154 g/mol. The molecule has 0 heterocycles. The third kappa shape index (κ3) is 9.74. The minimum Gasteiger partial charge on any atom is -0.0883 e. The molecule has 0 saturated heterocycles. The van der Waals surface area contributed by atoms with Crippen molar-refractivity contribution >= 4 is 0 Å². The summed E-state index contributed by atoms with van der Waals surface area (Å²) in [6.07, 6.45) is 7.02.